The fraction of sp³-hybridized carbons (Fsp3) is 0.667. The van der Waals surface area contributed by atoms with Crippen molar-refractivity contribution >= 4 is 0 Å². The minimum Gasteiger partial charge on any atom is -0.490 e. The van der Waals surface area contributed by atoms with E-state index in [4.69, 9.17) is 4.74 Å². The van der Waals surface area contributed by atoms with Gasteiger partial charge in [0.2, 0.25) is 0 Å². The lowest BCUT2D eigenvalue weighted by Gasteiger charge is -2.25. The maximum atomic E-state index is 13.7. The van der Waals surface area contributed by atoms with Crippen LogP contribution in [0.25, 0.3) is 0 Å². The number of ether oxygens (including phenoxy) is 1. The van der Waals surface area contributed by atoms with Crippen molar-refractivity contribution < 1.29 is 13.5 Å². The van der Waals surface area contributed by atoms with Crippen LogP contribution in [0, 0.1) is 5.92 Å². The first-order chi connectivity index (χ1) is 7.06. The largest absolute Gasteiger partial charge is 0.490 e. The first-order valence-corrected chi connectivity index (χ1v) is 5.30. The van der Waals surface area contributed by atoms with Gasteiger partial charge in [0.05, 0.1) is 13.3 Å². The Labute approximate surface area is 89.8 Å². The van der Waals surface area contributed by atoms with Gasteiger partial charge in [0.25, 0.3) is 0 Å². The molecule has 1 heterocycles. The molecule has 0 aromatic rings. The minimum atomic E-state index is -0.453. The molecule has 1 rings (SSSR count). The Morgan fingerprint density at radius 1 is 1.47 bits per heavy atom. The average molecular weight is 216 g/mol. The van der Waals surface area contributed by atoms with E-state index in [1.807, 2.05) is 6.92 Å². The number of hydrogen-bond acceptors (Lipinski definition) is 1. The number of hydrogen-bond donors (Lipinski definition) is 0. The van der Waals surface area contributed by atoms with Crippen molar-refractivity contribution in [1.82, 2.24) is 0 Å². The highest BCUT2D eigenvalue weighted by atomic mass is 19.1. The van der Waals surface area contributed by atoms with Crippen LogP contribution >= 0.6 is 0 Å². The monoisotopic (exact) mass is 216 g/mol. The molecular weight excluding hydrogens is 198 g/mol. The smallest absolute Gasteiger partial charge is 0.163 e. The number of halogens is 2. The van der Waals surface area contributed by atoms with Gasteiger partial charge in [0, 0.05) is 6.42 Å². The third-order valence-electron chi connectivity index (χ3n) is 2.46. The van der Waals surface area contributed by atoms with Gasteiger partial charge < -0.3 is 4.74 Å². The second-order valence-corrected chi connectivity index (χ2v) is 4.31. The molecule has 1 aliphatic heterocycles. The van der Waals surface area contributed by atoms with Gasteiger partial charge in [0.15, 0.2) is 11.6 Å². The highest BCUT2D eigenvalue weighted by Gasteiger charge is 2.22. The Morgan fingerprint density at radius 2 is 2.13 bits per heavy atom. The lowest BCUT2D eigenvalue weighted by Crippen LogP contribution is -2.16. The van der Waals surface area contributed by atoms with Crippen LogP contribution in [0.2, 0.25) is 0 Å². The summed E-state index contributed by atoms with van der Waals surface area (Å²) in [7, 11) is 0. The van der Waals surface area contributed by atoms with Gasteiger partial charge in [0.1, 0.15) is 0 Å². The first-order valence-electron chi connectivity index (χ1n) is 5.30. The normalized spacial score (nSPS) is 21.3. The van der Waals surface area contributed by atoms with Crippen molar-refractivity contribution in [2.75, 3.05) is 13.3 Å². The molecule has 0 radical (unpaired) electrons. The summed E-state index contributed by atoms with van der Waals surface area (Å²) in [5, 5.41) is 0. The Hall–Kier alpha value is -0.860. The Kier molecular flexibility index (Phi) is 4.30. The Bertz CT molecular complexity index is 288. The molecule has 3 heteroatoms. The van der Waals surface area contributed by atoms with E-state index in [9.17, 15) is 8.78 Å². The van der Waals surface area contributed by atoms with E-state index in [-0.39, 0.29) is 18.0 Å². The molecule has 0 aliphatic carbocycles. The highest BCUT2D eigenvalue weighted by Crippen LogP contribution is 2.31. The molecule has 0 spiro atoms. The van der Waals surface area contributed by atoms with Crippen LogP contribution in [0.4, 0.5) is 8.78 Å². The average Bonchev–Trinajstić information content (AvgIpc) is 2.17. The summed E-state index contributed by atoms with van der Waals surface area (Å²) in [5.41, 5.74) is 1.35. The van der Waals surface area contributed by atoms with Gasteiger partial charge in [-0.15, -0.1) is 0 Å². The predicted octanol–water partition coefficient (Wildman–Crippen LogP) is 3.92. The van der Waals surface area contributed by atoms with E-state index in [1.54, 1.807) is 13.8 Å². The van der Waals surface area contributed by atoms with Crippen molar-refractivity contribution in [3.63, 3.8) is 0 Å². The van der Waals surface area contributed by atoms with E-state index in [2.05, 4.69) is 0 Å². The van der Waals surface area contributed by atoms with Crippen molar-refractivity contribution in [2.24, 2.45) is 5.92 Å². The van der Waals surface area contributed by atoms with E-state index in [1.165, 1.54) is 0 Å². The highest BCUT2D eigenvalue weighted by molar-refractivity contribution is 5.30. The number of allylic oxidation sites excluding steroid dienone is 3. The van der Waals surface area contributed by atoms with Gasteiger partial charge >= 0.3 is 0 Å². The van der Waals surface area contributed by atoms with Crippen molar-refractivity contribution in [1.29, 1.82) is 0 Å². The summed E-state index contributed by atoms with van der Waals surface area (Å²) < 4.78 is 31.4. The molecule has 15 heavy (non-hydrogen) atoms. The van der Waals surface area contributed by atoms with Gasteiger partial charge in [-0.05, 0) is 37.3 Å². The number of rotatable bonds is 3. The van der Waals surface area contributed by atoms with Crippen LogP contribution in [-0.2, 0) is 4.74 Å². The van der Waals surface area contributed by atoms with Crippen LogP contribution in [0.1, 0.15) is 33.6 Å². The van der Waals surface area contributed by atoms with Gasteiger partial charge in [-0.25, -0.2) is 4.39 Å². The molecule has 0 saturated heterocycles. The standard InChI is InChI=1S/C12H18F2O/c1-8(2)11(14)12-10(4-5-13)6-9(3)7-15-12/h9H,4-7H2,1-3H3. The lowest BCUT2D eigenvalue weighted by molar-refractivity contribution is 0.143. The van der Waals surface area contributed by atoms with E-state index in [0.29, 0.717) is 18.1 Å². The van der Waals surface area contributed by atoms with Crippen LogP contribution < -0.4 is 0 Å². The maximum Gasteiger partial charge on any atom is 0.163 e. The molecule has 0 N–H and O–H groups in total. The zero-order chi connectivity index (χ0) is 11.4. The van der Waals surface area contributed by atoms with Crippen LogP contribution in [0.5, 0.6) is 0 Å². The minimum absolute atomic E-state index is 0.278. The van der Waals surface area contributed by atoms with E-state index >= 15 is 0 Å². The fourth-order valence-electron chi connectivity index (χ4n) is 1.68. The summed E-state index contributed by atoms with van der Waals surface area (Å²) in [4.78, 5) is 0. The van der Waals surface area contributed by atoms with Gasteiger partial charge in [-0.3, -0.25) is 4.39 Å². The summed E-state index contributed by atoms with van der Waals surface area (Å²) in [5.74, 6) is 0.302. The van der Waals surface area contributed by atoms with Crippen molar-refractivity contribution in [3.05, 3.63) is 22.7 Å². The van der Waals surface area contributed by atoms with Crippen molar-refractivity contribution in [3.8, 4) is 0 Å². The molecule has 0 aromatic carbocycles. The molecule has 0 fully saturated rings. The predicted molar refractivity (Wildman–Crippen MR) is 56.8 cm³/mol. The Balaban J connectivity index is 2.98. The van der Waals surface area contributed by atoms with Crippen LogP contribution in [-0.4, -0.2) is 13.3 Å². The third kappa shape index (κ3) is 3.05. The molecule has 1 nitrogen and oxygen atoms in total. The van der Waals surface area contributed by atoms with Gasteiger partial charge in [-0.1, -0.05) is 6.92 Å². The second-order valence-electron chi connectivity index (χ2n) is 4.31. The van der Waals surface area contributed by atoms with Crippen LogP contribution in [0.15, 0.2) is 22.7 Å². The molecule has 1 aliphatic rings. The van der Waals surface area contributed by atoms with E-state index < -0.39 is 6.67 Å². The Morgan fingerprint density at radius 3 is 2.67 bits per heavy atom. The summed E-state index contributed by atoms with van der Waals surface area (Å²) in [6.07, 6.45) is 1.01. The molecular formula is C12H18F2O. The lowest BCUT2D eigenvalue weighted by atomic mass is 9.95. The zero-order valence-electron chi connectivity index (χ0n) is 9.57. The molecule has 86 valence electrons. The maximum absolute atomic E-state index is 13.7. The van der Waals surface area contributed by atoms with E-state index in [0.717, 1.165) is 12.0 Å². The second kappa shape index (κ2) is 5.29. The fourth-order valence-corrected chi connectivity index (χ4v) is 1.68. The summed E-state index contributed by atoms with van der Waals surface area (Å²) >= 11 is 0. The topological polar surface area (TPSA) is 9.23 Å². The van der Waals surface area contributed by atoms with Gasteiger partial charge in [-0.2, -0.15) is 0 Å². The molecule has 1 unspecified atom stereocenters. The molecule has 1 atom stereocenters. The van der Waals surface area contributed by atoms with Crippen LogP contribution in [0.3, 0.4) is 0 Å². The summed E-state index contributed by atoms with van der Waals surface area (Å²) in [6.45, 7) is 5.47. The molecule has 0 bridgehead atoms. The SMILES string of the molecule is CC(C)=C(F)C1=C(CCF)CC(C)CO1. The summed E-state index contributed by atoms with van der Waals surface area (Å²) in [6, 6.07) is 0. The quantitative estimate of drug-likeness (QED) is 0.694. The molecule has 0 amide bonds. The first kappa shape index (κ1) is 12.2. The third-order valence-corrected chi connectivity index (χ3v) is 2.46. The zero-order valence-corrected chi connectivity index (χ0v) is 9.57. The van der Waals surface area contributed by atoms with Crippen molar-refractivity contribution in [2.45, 2.75) is 33.6 Å². The molecule has 0 aromatic heterocycles. The number of alkyl halides is 1. The molecule has 0 saturated carbocycles.